The average Bonchev–Trinajstić information content (AvgIpc) is 3.80. The van der Waals surface area contributed by atoms with Gasteiger partial charge in [0.1, 0.15) is 5.82 Å². The number of imidazole rings is 1. The van der Waals surface area contributed by atoms with Crippen molar-refractivity contribution in [2.24, 2.45) is 0 Å². The average molecular weight is 683 g/mol. The van der Waals surface area contributed by atoms with E-state index >= 15 is 0 Å². The Balaban J connectivity index is 1.07. The van der Waals surface area contributed by atoms with E-state index in [4.69, 9.17) is 9.40 Å². The first-order valence-corrected chi connectivity index (χ1v) is 17.4. The van der Waals surface area contributed by atoms with E-state index in [9.17, 15) is 14.4 Å². The zero-order chi connectivity index (χ0) is 35.6. The van der Waals surface area contributed by atoms with Crippen molar-refractivity contribution in [3.8, 4) is 22.8 Å². The van der Waals surface area contributed by atoms with E-state index in [1.807, 2.05) is 103 Å². The maximum atomic E-state index is 13.1. The maximum absolute atomic E-state index is 13.1. The Kier molecular flexibility index (Phi) is 11.3. The van der Waals surface area contributed by atoms with Crippen molar-refractivity contribution in [2.75, 3.05) is 25.0 Å². The van der Waals surface area contributed by atoms with Crippen LogP contribution in [-0.4, -0.2) is 62.1 Å². The number of nitrogens with zero attached hydrogens (tertiary/aromatic N) is 4. The highest BCUT2D eigenvalue weighted by atomic mass is 16.4. The standard InChI is InChI=1S/C41H42N6O4/c1-3-21-46(39(49)23-29-11-7-5-8-12-29)27-37-44-34-20-17-32(25-35(34)45-37)36-26-42-41(51-36)31-15-18-33(19-16-31)43-38(48)28-47(22-4-2)40(50)24-30-13-9-6-10-14-30/h5-20,25-26H,3-4,21-24,27-28H2,1-2H3,(H,43,48)(H,44,45). The molecule has 0 fully saturated rings. The zero-order valence-electron chi connectivity index (χ0n) is 29.0. The van der Waals surface area contributed by atoms with Crippen molar-refractivity contribution in [2.45, 2.75) is 46.1 Å². The minimum atomic E-state index is -0.259. The van der Waals surface area contributed by atoms with E-state index in [0.717, 1.165) is 52.0 Å². The van der Waals surface area contributed by atoms with E-state index in [1.54, 1.807) is 23.2 Å². The third-order valence-corrected chi connectivity index (χ3v) is 8.50. The van der Waals surface area contributed by atoms with Crippen LogP contribution in [0.25, 0.3) is 33.8 Å². The minimum Gasteiger partial charge on any atom is -0.436 e. The third kappa shape index (κ3) is 9.16. The van der Waals surface area contributed by atoms with Crippen LogP contribution in [0, 0.1) is 0 Å². The number of benzene rings is 4. The summed E-state index contributed by atoms with van der Waals surface area (Å²) in [6.07, 6.45) is 3.90. The van der Waals surface area contributed by atoms with Crippen LogP contribution in [0.4, 0.5) is 5.69 Å². The van der Waals surface area contributed by atoms with Crippen LogP contribution in [-0.2, 0) is 33.8 Å². The second kappa shape index (κ2) is 16.6. The number of oxazole rings is 1. The molecule has 0 unspecified atom stereocenters. The van der Waals surface area contributed by atoms with E-state index in [0.29, 0.717) is 43.4 Å². The second-order valence-electron chi connectivity index (χ2n) is 12.5. The molecule has 0 spiro atoms. The summed E-state index contributed by atoms with van der Waals surface area (Å²) in [5.74, 6) is 1.50. The summed E-state index contributed by atoms with van der Waals surface area (Å²) in [4.78, 5) is 55.0. The number of hydrogen-bond acceptors (Lipinski definition) is 6. The highest BCUT2D eigenvalue weighted by Gasteiger charge is 2.19. The predicted molar refractivity (Wildman–Crippen MR) is 199 cm³/mol. The monoisotopic (exact) mass is 682 g/mol. The van der Waals surface area contributed by atoms with Crippen LogP contribution in [0.5, 0.6) is 0 Å². The molecule has 3 amide bonds. The van der Waals surface area contributed by atoms with Gasteiger partial charge >= 0.3 is 0 Å². The number of carbonyl (C=O) groups excluding carboxylic acids is 3. The normalized spacial score (nSPS) is 11.0. The first kappa shape index (κ1) is 34.8. The molecule has 2 heterocycles. The van der Waals surface area contributed by atoms with Gasteiger partial charge in [-0.3, -0.25) is 14.4 Å². The van der Waals surface area contributed by atoms with Gasteiger partial charge < -0.3 is 24.5 Å². The number of fused-ring (bicyclic) bond motifs is 1. The van der Waals surface area contributed by atoms with Gasteiger partial charge in [0.05, 0.1) is 43.2 Å². The van der Waals surface area contributed by atoms with Gasteiger partial charge in [0, 0.05) is 29.9 Å². The Hall–Kier alpha value is -6.03. The lowest BCUT2D eigenvalue weighted by Gasteiger charge is -2.21. The molecule has 0 atom stereocenters. The quantitative estimate of drug-likeness (QED) is 0.117. The van der Waals surface area contributed by atoms with Gasteiger partial charge in [-0.25, -0.2) is 9.97 Å². The molecule has 4 aromatic carbocycles. The maximum Gasteiger partial charge on any atom is 0.243 e. The molecule has 10 heteroatoms. The number of aromatic nitrogens is 3. The Morgan fingerprint density at radius 1 is 0.745 bits per heavy atom. The highest BCUT2D eigenvalue weighted by molar-refractivity contribution is 5.95. The van der Waals surface area contributed by atoms with Crippen LogP contribution < -0.4 is 5.32 Å². The van der Waals surface area contributed by atoms with Gasteiger partial charge in [-0.15, -0.1) is 0 Å². The second-order valence-corrected chi connectivity index (χ2v) is 12.5. The van der Waals surface area contributed by atoms with E-state index < -0.39 is 0 Å². The van der Waals surface area contributed by atoms with Crippen molar-refractivity contribution >= 4 is 34.4 Å². The number of amides is 3. The number of carbonyl (C=O) groups is 3. The largest absolute Gasteiger partial charge is 0.436 e. The molecular weight excluding hydrogens is 640 g/mol. The number of nitrogens with one attached hydrogen (secondary N) is 2. The van der Waals surface area contributed by atoms with Gasteiger partial charge in [0.2, 0.25) is 23.6 Å². The summed E-state index contributed by atoms with van der Waals surface area (Å²) in [7, 11) is 0. The lowest BCUT2D eigenvalue weighted by atomic mass is 10.1. The molecule has 0 aliphatic rings. The fourth-order valence-corrected chi connectivity index (χ4v) is 5.97. The highest BCUT2D eigenvalue weighted by Crippen LogP contribution is 2.29. The van der Waals surface area contributed by atoms with Crippen LogP contribution in [0.2, 0.25) is 0 Å². The summed E-state index contributed by atoms with van der Waals surface area (Å²) in [5.41, 5.74) is 5.76. The van der Waals surface area contributed by atoms with Crippen LogP contribution in [0.3, 0.4) is 0 Å². The number of anilines is 1. The van der Waals surface area contributed by atoms with E-state index in [-0.39, 0.29) is 30.7 Å². The number of rotatable bonds is 15. The molecule has 6 aromatic rings. The topological polar surface area (TPSA) is 124 Å². The SMILES string of the molecule is CCCN(CC(=O)Nc1ccc(-c2ncc(-c3ccc4nc(CN(CCC)C(=O)Cc5ccccc5)[nH]c4c3)o2)cc1)C(=O)Cc1ccccc1. The molecule has 6 rings (SSSR count). The Bertz CT molecular complexity index is 2070. The zero-order valence-corrected chi connectivity index (χ0v) is 29.0. The molecule has 0 saturated heterocycles. The predicted octanol–water partition coefficient (Wildman–Crippen LogP) is 7.29. The molecular formula is C41H42N6O4. The molecule has 51 heavy (non-hydrogen) atoms. The summed E-state index contributed by atoms with van der Waals surface area (Å²) < 4.78 is 6.14. The molecule has 0 aliphatic carbocycles. The van der Waals surface area contributed by atoms with Gasteiger partial charge in [-0.05, 0) is 66.4 Å². The molecule has 2 N–H and O–H groups in total. The number of aromatic amines is 1. The molecule has 0 aliphatic heterocycles. The number of H-pyrrole nitrogens is 1. The Morgan fingerprint density at radius 2 is 1.35 bits per heavy atom. The summed E-state index contributed by atoms with van der Waals surface area (Å²) in [5, 5.41) is 2.90. The molecule has 10 nitrogen and oxygen atoms in total. The molecule has 0 bridgehead atoms. The smallest absolute Gasteiger partial charge is 0.243 e. The lowest BCUT2D eigenvalue weighted by molar-refractivity contribution is -0.134. The fourth-order valence-electron chi connectivity index (χ4n) is 5.97. The number of hydrogen-bond donors (Lipinski definition) is 2. The van der Waals surface area contributed by atoms with Gasteiger partial charge in [-0.1, -0.05) is 74.5 Å². The summed E-state index contributed by atoms with van der Waals surface area (Å²) >= 11 is 0. The third-order valence-electron chi connectivity index (χ3n) is 8.50. The molecule has 0 radical (unpaired) electrons. The summed E-state index contributed by atoms with van der Waals surface area (Å²) in [6, 6.07) is 32.4. The van der Waals surface area contributed by atoms with Crippen molar-refractivity contribution in [3.05, 3.63) is 126 Å². The first-order chi connectivity index (χ1) is 24.9. The van der Waals surface area contributed by atoms with E-state index in [2.05, 4.69) is 22.2 Å². The molecule has 260 valence electrons. The Labute approximate surface area is 297 Å². The van der Waals surface area contributed by atoms with Crippen molar-refractivity contribution in [3.63, 3.8) is 0 Å². The van der Waals surface area contributed by atoms with Gasteiger partial charge in [0.15, 0.2) is 5.76 Å². The van der Waals surface area contributed by atoms with Crippen molar-refractivity contribution in [1.82, 2.24) is 24.8 Å². The van der Waals surface area contributed by atoms with Gasteiger partial charge in [-0.2, -0.15) is 0 Å². The van der Waals surface area contributed by atoms with Crippen LogP contribution in [0.15, 0.2) is 114 Å². The van der Waals surface area contributed by atoms with Gasteiger partial charge in [0.25, 0.3) is 0 Å². The van der Waals surface area contributed by atoms with Crippen molar-refractivity contribution in [1.29, 1.82) is 0 Å². The van der Waals surface area contributed by atoms with E-state index in [1.165, 1.54) is 0 Å². The molecule has 2 aromatic heterocycles. The molecule has 0 saturated carbocycles. The fraction of sp³-hybridized carbons (Fsp3) is 0.244. The minimum absolute atomic E-state index is 0.0180. The van der Waals surface area contributed by atoms with Crippen LogP contribution in [0.1, 0.15) is 43.6 Å². The first-order valence-electron chi connectivity index (χ1n) is 17.4. The lowest BCUT2D eigenvalue weighted by Crippen LogP contribution is -2.39. The Morgan fingerprint density at radius 3 is 2.00 bits per heavy atom. The van der Waals surface area contributed by atoms with Crippen molar-refractivity contribution < 1.29 is 18.8 Å². The summed E-state index contributed by atoms with van der Waals surface area (Å²) in [6.45, 7) is 5.58. The van der Waals surface area contributed by atoms with Crippen LogP contribution >= 0.6 is 0 Å².